The number of amides is 1. The Morgan fingerprint density at radius 2 is 1.96 bits per heavy atom. The third-order valence-corrected chi connectivity index (χ3v) is 4.32. The fourth-order valence-electron chi connectivity index (χ4n) is 2.54. The van der Waals surface area contributed by atoms with Gasteiger partial charge in [-0.15, -0.1) is 0 Å². The molecule has 1 heterocycles. The van der Waals surface area contributed by atoms with E-state index in [1.54, 1.807) is 42.7 Å². The fourth-order valence-corrected chi connectivity index (χ4v) is 2.71. The van der Waals surface area contributed by atoms with Gasteiger partial charge in [-0.25, -0.2) is 4.79 Å². The van der Waals surface area contributed by atoms with Crippen LogP contribution in [0.15, 0.2) is 24.3 Å². The quantitative estimate of drug-likeness (QED) is 0.834. The molecule has 0 spiro atoms. The molecule has 0 saturated carbocycles. The van der Waals surface area contributed by atoms with Crippen molar-refractivity contribution >= 4 is 29.2 Å². The molecule has 1 amide bonds. The van der Waals surface area contributed by atoms with Gasteiger partial charge in [0.15, 0.2) is 0 Å². The van der Waals surface area contributed by atoms with Gasteiger partial charge in [0.2, 0.25) is 5.91 Å². The number of rotatable bonds is 5. The fraction of sp³-hybridized carbons (Fsp3) is 0.333. The van der Waals surface area contributed by atoms with Gasteiger partial charge in [0, 0.05) is 22.1 Å². The van der Waals surface area contributed by atoms with Gasteiger partial charge in [-0.3, -0.25) is 4.79 Å². The molecule has 1 N–H and O–H groups in total. The molecule has 0 radical (unpaired) electrons. The summed E-state index contributed by atoms with van der Waals surface area (Å²) in [5.74, 6) is -0.555. The molecule has 0 bridgehead atoms. The zero-order valence-electron chi connectivity index (χ0n) is 14.3. The second-order valence-corrected chi connectivity index (χ2v) is 5.96. The zero-order chi connectivity index (χ0) is 17.9. The Kier molecular flexibility index (Phi) is 5.67. The van der Waals surface area contributed by atoms with Crippen LogP contribution < -0.4 is 5.32 Å². The lowest BCUT2D eigenvalue weighted by atomic mass is 10.2. The number of benzene rings is 1. The van der Waals surface area contributed by atoms with Crippen LogP contribution in [-0.4, -0.2) is 23.1 Å². The van der Waals surface area contributed by atoms with E-state index < -0.39 is 0 Å². The third-order valence-electron chi connectivity index (χ3n) is 3.91. The minimum atomic E-state index is -0.372. The molecule has 128 valence electrons. The molecule has 2 aromatic rings. The van der Waals surface area contributed by atoms with Crippen molar-refractivity contribution < 1.29 is 14.3 Å². The zero-order valence-corrected chi connectivity index (χ0v) is 15.0. The maximum atomic E-state index is 12.4. The molecule has 24 heavy (non-hydrogen) atoms. The van der Waals surface area contributed by atoms with E-state index in [-0.39, 0.29) is 18.4 Å². The van der Waals surface area contributed by atoms with Gasteiger partial charge in [0.05, 0.1) is 12.2 Å². The van der Waals surface area contributed by atoms with E-state index in [4.69, 9.17) is 16.3 Å². The van der Waals surface area contributed by atoms with Crippen LogP contribution in [0.2, 0.25) is 5.02 Å². The van der Waals surface area contributed by atoms with Crippen molar-refractivity contribution in [3.05, 3.63) is 51.8 Å². The van der Waals surface area contributed by atoms with Crippen molar-refractivity contribution in [1.29, 1.82) is 0 Å². The Balaban J connectivity index is 2.17. The average molecular weight is 349 g/mol. The topological polar surface area (TPSA) is 60.3 Å². The molecule has 0 saturated heterocycles. The molecule has 2 rings (SSSR count). The third kappa shape index (κ3) is 3.79. The molecule has 5 nitrogen and oxygen atoms in total. The van der Waals surface area contributed by atoms with Crippen LogP contribution in [0, 0.1) is 20.8 Å². The highest BCUT2D eigenvalue weighted by atomic mass is 35.5. The predicted octanol–water partition coefficient (Wildman–Crippen LogP) is 3.88. The first-order chi connectivity index (χ1) is 11.3. The first-order valence-corrected chi connectivity index (χ1v) is 8.11. The van der Waals surface area contributed by atoms with Crippen LogP contribution in [0.5, 0.6) is 0 Å². The van der Waals surface area contributed by atoms with Crippen molar-refractivity contribution in [1.82, 2.24) is 4.57 Å². The van der Waals surface area contributed by atoms with Gasteiger partial charge in [-0.1, -0.05) is 17.7 Å². The number of aromatic nitrogens is 1. The summed E-state index contributed by atoms with van der Waals surface area (Å²) in [5, 5.41) is 3.46. The lowest BCUT2D eigenvalue weighted by Gasteiger charge is -2.12. The number of anilines is 1. The largest absolute Gasteiger partial charge is 0.462 e. The Morgan fingerprint density at radius 1 is 1.25 bits per heavy atom. The molecule has 0 aliphatic carbocycles. The summed E-state index contributed by atoms with van der Waals surface area (Å²) < 4.78 is 6.83. The van der Waals surface area contributed by atoms with Gasteiger partial charge >= 0.3 is 5.97 Å². The summed E-state index contributed by atoms with van der Waals surface area (Å²) in [5.41, 5.74) is 3.53. The Bertz CT molecular complexity index is 781. The maximum absolute atomic E-state index is 12.4. The van der Waals surface area contributed by atoms with Crippen molar-refractivity contribution in [3.63, 3.8) is 0 Å². The van der Waals surface area contributed by atoms with E-state index in [0.29, 0.717) is 28.6 Å². The second kappa shape index (κ2) is 7.53. The number of ether oxygens (including phenoxy) is 1. The van der Waals surface area contributed by atoms with E-state index in [1.807, 2.05) is 13.8 Å². The highest BCUT2D eigenvalue weighted by Gasteiger charge is 2.18. The van der Waals surface area contributed by atoms with Gasteiger partial charge in [0.25, 0.3) is 0 Å². The molecule has 0 fully saturated rings. The summed E-state index contributed by atoms with van der Waals surface area (Å²) >= 11 is 6.07. The van der Waals surface area contributed by atoms with Crippen LogP contribution >= 0.6 is 11.6 Å². The number of halogens is 1. The Morgan fingerprint density at radius 3 is 2.62 bits per heavy atom. The van der Waals surface area contributed by atoms with E-state index in [1.165, 1.54) is 0 Å². The first-order valence-electron chi connectivity index (χ1n) is 7.74. The number of aryl methyl sites for hydroxylation is 1. The lowest BCUT2D eigenvalue weighted by Crippen LogP contribution is -2.21. The number of hydrogen-bond donors (Lipinski definition) is 1. The predicted molar refractivity (Wildman–Crippen MR) is 94.7 cm³/mol. The summed E-state index contributed by atoms with van der Waals surface area (Å²) in [7, 11) is 0. The molecule has 1 aromatic carbocycles. The minimum absolute atomic E-state index is 0.114. The standard InChI is InChI=1S/C18H21ClN2O3/c1-5-24-18(23)14-9-11(2)21(13(14)4)10-17(22)20-16-8-6-7-15(19)12(16)3/h6-9H,5,10H2,1-4H3,(H,20,22). The molecule has 0 aliphatic heterocycles. The number of carbonyl (C=O) groups excluding carboxylic acids is 2. The molecule has 1 aromatic heterocycles. The van der Waals surface area contributed by atoms with Crippen molar-refractivity contribution in [2.75, 3.05) is 11.9 Å². The molecule has 0 unspecified atom stereocenters. The van der Waals surface area contributed by atoms with Crippen molar-refractivity contribution in [3.8, 4) is 0 Å². The SMILES string of the molecule is CCOC(=O)c1cc(C)n(CC(=O)Nc2cccc(Cl)c2C)c1C. The Labute approximate surface area is 146 Å². The highest BCUT2D eigenvalue weighted by molar-refractivity contribution is 6.31. The maximum Gasteiger partial charge on any atom is 0.339 e. The number of hydrogen-bond acceptors (Lipinski definition) is 3. The van der Waals surface area contributed by atoms with Gasteiger partial charge < -0.3 is 14.6 Å². The number of nitrogens with one attached hydrogen (secondary N) is 1. The van der Waals surface area contributed by atoms with E-state index in [0.717, 1.165) is 11.3 Å². The van der Waals surface area contributed by atoms with Gasteiger partial charge in [0.1, 0.15) is 6.54 Å². The van der Waals surface area contributed by atoms with Crippen LogP contribution in [0.1, 0.15) is 34.2 Å². The van der Waals surface area contributed by atoms with E-state index in [9.17, 15) is 9.59 Å². The summed E-state index contributed by atoms with van der Waals surface area (Å²) in [6.07, 6.45) is 0. The normalized spacial score (nSPS) is 10.5. The van der Waals surface area contributed by atoms with E-state index >= 15 is 0 Å². The number of carbonyl (C=O) groups is 2. The second-order valence-electron chi connectivity index (χ2n) is 5.55. The molecule has 6 heteroatoms. The van der Waals surface area contributed by atoms with Crippen LogP contribution in [0.4, 0.5) is 5.69 Å². The van der Waals surface area contributed by atoms with Crippen molar-refractivity contribution in [2.45, 2.75) is 34.2 Å². The van der Waals surface area contributed by atoms with Gasteiger partial charge in [-0.05, 0) is 51.5 Å². The van der Waals surface area contributed by atoms with Crippen LogP contribution in [-0.2, 0) is 16.1 Å². The number of esters is 1. The minimum Gasteiger partial charge on any atom is -0.462 e. The summed E-state index contributed by atoms with van der Waals surface area (Å²) in [6, 6.07) is 7.11. The Hall–Kier alpha value is -2.27. The molecule has 0 atom stereocenters. The van der Waals surface area contributed by atoms with Gasteiger partial charge in [-0.2, -0.15) is 0 Å². The average Bonchev–Trinajstić information content (AvgIpc) is 2.80. The molecular weight excluding hydrogens is 328 g/mol. The lowest BCUT2D eigenvalue weighted by molar-refractivity contribution is -0.116. The summed E-state index contributed by atoms with van der Waals surface area (Å²) in [4.78, 5) is 24.3. The number of nitrogens with zero attached hydrogens (tertiary/aromatic N) is 1. The highest BCUT2D eigenvalue weighted by Crippen LogP contribution is 2.23. The van der Waals surface area contributed by atoms with Crippen LogP contribution in [0.25, 0.3) is 0 Å². The van der Waals surface area contributed by atoms with E-state index in [2.05, 4.69) is 5.32 Å². The monoisotopic (exact) mass is 348 g/mol. The molecular formula is C18H21ClN2O3. The summed E-state index contributed by atoms with van der Waals surface area (Å²) in [6.45, 7) is 7.70. The molecule has 0 aliphatic rings. The van der Waals surface area contributed by atoms with Crippen LogP contribution in [0.3, 0.4) is 0 Å². The first kappa shape index (κ1) is 18.1. The smallest absolute Gasteiger partial charge is 0.339 e. The van der Waals surface area contributed by atoms with Crippen molar-refractivity contribution in [2.24, 2.45) is 0 Å².